The molecular weight excluding hydrogens is 356 g/mol. The lowest BCUT2D eigenvalue weighted by Crippen LogP contribution is -2.30. The number of hydrogen-bond donors (Lipinski definition) is 1. The Kier molecular flexibility index (Phi) is 5.78. The smallest absolute Gasteiger partial charge is 0.338 e. The first kappa shape index (κ1) is 19.6. The van der Waals surface area contributed by atoms with Crippen LogP contribution in [0.5, 0.6) is 0 Å². The van der Waals surface area contributed by atoms with Crippen molar-refractivity contribution in [2.45, 2.75) is 39.7 Å². The summed E-state index contributed by atoms with van der Waals surface area (Å²) in [5.41, 5.74) is 3.59. The van der Waals surface area contributed by atoms with Crippen LogP contribution in [0.25, 0.3) is 0 Å². The number of ether oxygens (including phenoxy) is 1. The van der Waals surface area contributed by atoms with Crippen molar-refractivity contribution in [3.8, 4) is 0 Å². The van der Waals surface area contributed by atoms with Gasteiger partial charge in [-0.2, -0.15) is 0 Å². The molecule has 2 aromatic rings. The monoisotopic (exact) mass is 380 g/mol. The molecule has 0 unspecified atom stereocenters. The van der Waals surface area contributed by atoms with Crippen molar-refractivity contribution in [3.05, 3.63) is 59.2 Å². The van der Waals surface area contributed by atoms with Crippen LogP contribution in [0.15, 0.2) is 42.5 Å². The van der Waals surface area contributed by atoms with Crippen LogP contribution in [-0.2, 0) is 14.3 Å². The van der Waals surface area contributed by atoms with Gasteiger partial charge in [0.25, 0.3) is 5.91 Å². The zero-order chi connectivity index (χ0) is 20.3. The Morgan fingerprint density at radius 3 is 2.43 bits per heavy atom. The van der Waals surface area contributed by atoms with Crippen molar-refractivity contribution in [2.75, 3.05) is 16.8 Å². The summed E-state index contributed by atoms with van der Waals surface area (Å²) in [5.74, 6) is -0.943. The molecule has 0 saturated carbocycles. The summed E-state index contributed by atoms with van der Waals surface area (Å²) in [6, 6.07) is 12.5. The topological polar surface area (TPSA) is 75.7 Å². The van der Waals surface area contributed by atoms with E-state index in [4.69, 9.17) is 4.74 Å². The van der Waals surface area contributed by atoms with Gasteiger partial charge < -0.3 is 15.0 Å². The van der Waals surface area contributed by atoms with Gasteiger partial charge in [-0.3, -0.25) is 9.59 Å². The van der Waals surface area contributed by atoms with E-state index < -0.39 is 18.0 Å². The maximum atomic E-state index is 12.5. The van der Waals surface area contributed by atoms with E-state index in [2.05, 4.69) is 5.32 Å². The lowest BCUT2D eigenvalue weighted by molar-refractivity contribution is -0.123. The van der Waals surface area contributed by atoms with Gasteiger partial charge in [-0.15, -0.1) is 0 Å². The fourth-order valence-corrected chi connectivity index (χ4v) is 3.24. The minimum absolute atomic E-state index is 0.0480. The molecule has 1 heterocycles. The molecule has 1 aliphatic rings. The van der Waals surface area contributed by atoms with Gasteiger partial charge in [0, 0.05) is 24.3 Å². The average molecular weight is 380 g/mol. The molecule has 3 rings (SSSR count). The fourth-order valence-electron chi connectivity index (χ4n) is 3.24. The van der Waals surface area contributed by atoms with E-state index in [1.54, 1.807) is 29.2 Å². The predicted octanol–water partition coefficient (Wildman–Crippen LogP) is 3.61. The van der Waals surface area contributed by atoms with Crippen molar-refractivity contribution < 1.29 is 19.1 Å². The highest BCUT2D eigenvalue weighted by Crippen LogP contribution is 2.23. The minimum Gasteiger partial charge on any atom is -0.449 e. The van der Waals surface area contributed by atoms with Gasteiger partial charge in [0.2, 0.25) is 5.91 Å². The number of rotatable bonds is 5. The molecular formula is C22H24N2O4. The third-order valence-corrected chi connectivity index (χ3v) is 4.85. The van der Waals surface area contributed by atoms with Crippen molar-refractivity contribution >= 4 is 29.2 Å². The van der Waals surface area contributed by atoms with E-state index in [1.807, 2.05) is 32.0 Å². The van der Waals surface area contributed by atoms with Crippen LogP contribution in [0, 0.1) is 13.8 Å². The second-order valence-electron chi connectivity index (χ2n) is 7.00. The Bertz CT molecular complexity index is 902. The molecule has 0 spiro atoms. The quantitative estimate of drug-likeness (QED) is 0.804. The Hall–Kier alpha value is -3.15. The number of anilines is 2. The zero-order valence-corrected chi connectivity index (χ0v) is 16.3. The van der Waals surface area contributed by atoms with Crippen molar-refractivity contribution in [2.24, 2.45) is 0 Å². The number of carbonyl (C=O) groups is 3. The zero-order valence-electron chi connectivity index (χ0n) is 16.3. The highest BCUT2D eigenvalue weighted by molar-refractivity contribution is 6.00. The lowest BCUT2D eigenvalue weighted by Gasteiger charge is -2.18. The molecule has 6 heteroatoms. The third kappa shape index (κ3) is 4.22. The van der Waals surface area contributed by atoms with E-state index >= 15 is 0 Å². The van der Waals surface area contributed by atoms with Crippen LogP contribution in [0.3, 0.4) is 0 Å². The number of esters is 1. The van der Waals surface area contributed by atoms with E-state index in [1.165, 1.54) is 6.92 Å². The molecule has 0 radical (unpaired) electrons. The van der Waals surface area contributed by atoms with Crippen LogP contribution < -0.4 is 10.2 Å². The minimum atomic E-state index is -0.955. The van der Waals surface area contributed by atoms with Gasteiger partial charge in [-0.1, -0.05) is 24.3 Å². The number of carbonyl (C=O) groups excluding carboxylic acids is 3. The van der Waals surface area contributed by atoms with Gasteiger partial charge in [-0.25, -0.2) is 4.79 Å². The Morgan fingerprint density at radius 1 is 1.11 bits per heavy atom. The molecule has 0 aliphatic carbocycles. The molecule has 1 aliphatic heterocycles. The summed E-state index contributed by atoms with van der Waals surface area (Å²) >= 11 is 0. The first-order chi connectivity index (χ1) is 13.4. The number of nitrogens with one attached hydrogen (secondary N) is 1. The molecule has 0 bridgehead atoms. The number of hydrogen-bond acceptors (Lipinski definition) is 4. The standard InChI is InChI=1S/C22H24N2O4/c1-14-7-4-8-15(2)20(14)23-21(26)16(3)28-22(27)17-9-5-10-18(13-17)24-12-6-11-19(24)25/h4-5,7-10,13,16H,6,11-12H2,1-3H3,(H,23,26)/t16-/m0/s1. The molecule has 1 saturated heterocycles. The first-order valence-corrected chi connectivity index (χ1v) is 9.35. The lowest BCUT2D eigenvalue weighted by atomic mass is 10.1. The van der Waals surface area contributed by atoms with Crippen LogP contribution in [-0.4, -0.2) is 30.4 Å². The SMILES string of the molecule is Cc1cccc(C)c1NC(=O)[C@H](C)OC(=O)c1cccc(N2CCCC2=O)c1. The van der Waals surface area contributed by atoms with Crippen LogP contribution in [0.2, 0.25) is 0 Å². The van der Waals surface area contributed by atoms with Crippen LogP contribution in [0.1, 0.15) is 41.3 Å². The van der Waals surface area contributed by atoms with Gasteiger partial charge in [0.15, 0.2) is 6.10 Å². The summed E-state index contributed by atoms with van der Waals surface area (Å²) < 4.78 is 5.34. The highest BCUT2D eigenvalue weighted by atomic mass is 16.5. The molecule has 1 atom stereocenters. The maximum Gasteiger partial charge on any atom is 0.338 e. The molecule has 2 amide bonds. The molecule has 146 valence electrons. The van der Waals surface area contributed by atoms with Gasteiger partial charge in [-0.05, 0) is 56.5 Å². The largest absolute Gasteiger partial charge is 0.449 e. The summed E-state index contributed by atoms with van der Waals surface area (Å²) in [6.07, 6.45) is 0.372. The fraction of sp³-hybridized carbons (Fsp3) is 0.318. The molecule has 1 fully saturated rings. The Balaban J connectivity index is 1.67. The normalized spacial score (nSPS) is 14.7. The van der Waals surface area contributed by atoms with Crippen molar-refractivity contribution in [3.63, 3.8) is 0 Å². The molecule has 1 N–H and O–H groups in total. The molecule has 6 nitrogen and oxygen atoms in total. The number of para-hydroxylation sites is 1. The summed E-state index contributed by atoms with van der Waals surface area (Å²) in [7, 11) is 0. The van der Waals surface area contributed by atoms with Crippen molar-refractivity contribution in [1.29, 1.82) is 0 Å². The number of benzene rings is 2. The second kappa shape index (κ2) is 8.25. The summed E-state index contributed by atoms with van der Waals surface area (Å²) in [5, 5.41) is 2.83. The summed E-state index contributed by atoms with van der Waals surface area (Å²) in [4.78, 5) is 38.5. The van der Waals surface area contributed by atoms with E-state index in [9.17, 15) is 14.4 Å². The van der Waals surface area contributed by atoms with Gasteiger partial charge in [0.1, 0.15) is 0 Å². The van der Waals surface area contributed by atoms with E-state index in [-0.39, 0.29) is 5.91 Å². The first-order valence-electron chi connectivity index (χ1n) is 9.35. The predicted molar refractivity (Wildman–Crippen MR) is 107 cm³/mol. The van der Waals surface area contributed by atoms with Gasteiger partial charge >= 0.3 is 5.97 Å². The average Bonchev–Trinajstić information content (AvgIpc) is 3.10. The van der Waals surface area contributed by atoms with Crippen LogP contribution in [0.4, 0.5) is 11.4 Å². The molecule has 2 aromatic carbocycles. The Morgan fingerprint density at radius 2 is 1.79 bits per heavy atom. The molecule has 0 aromatic heterocycles. The second-order valence-corrected chi connectivity index (χ2v) is 7.00. The molecule has 28 heavy (non-hydrogen) atoms. The van der Waals surface area contributed by atoms with E-state index in [0.717, 1.165) is 23.2 Å². The number of amides is 2. The Labute approximate surface area is 164 Å². The van der Waals surface area contributed by atoms with Crippen LogP contribution >= 0.6 is 0 Å². The highest BCUT2D eigenvalue weighted by Gasteiger charge is 2.24. The number of nitrogens with zero attached hydrogens (tertiary/aromatic N) is 1. The summed E-state index contributed by atoms with van der Waals surface area (Å²) in [6.45, 7) is 6.00. The maximum absolute atomic E-state index is 12.5. The third-order valence-electron chi connectivity index (χ3n) is 4.85. The number of aryl methyl sites for hydroxylation is 2. The van der Waals surface area contributed by atoms with E-state index in [0.29, 0.717) is 24.2 Å². The van der Waals surface area contributed by atoms with Crippen molar-refractivity contribution in [1.82, 2.24) is 0 Å². The van der Waals surface area contributed by atoms with Gasteiger partial charge in [0.05, 0.1) is 5.56 Å².